The maximum absolute atomic E-state index is 9.22. The fraction of sp³-hybridized carbons (Fsp3) is 0.500. The second-order valence-electron chi connectivity index (χ2n) is 4.77. The van der Waals surface area contributed by atoms with Gasteiger partial charge in [-0.3, -0.25) is 0 Å². The summed E-state index contributed by atoms with van der Waals surface area (Å²) in [5.74, 6) is 0. The number of rotatable bonds is 2. The van der Waals surface area contributed by atoms with Crippen LogP contribution in [0.1, 0.15) is 17.5 Å². The van der Waals surface area contributed by atoms with Crippen molar-refractivity contribution in [3.8, 4) is 6.07 Å². The van der Waals surface area contributed by atoms with Crippen LogP contribution in [0.5, 0.6) is 0 Å². The summed E-state index contributed by atoms with van der Waals surface area (Å²) < 4.78 is 0. The predicted octanol–water partition coefficient (Wildman–Crippen LogP) is 1.19. The van der Waals surface area contributed by atoms with Gasteiger partial charge in [-0.05, 0) is 37.7 Å². The molecule has 1 aliphatic heterocycles. The average molecular weight is 245 g/mol. The molecule has 0 amide bonds. The van der Waals surface area contributed by atoms with Gasteiger partial charge in [0.1, 0.15) is 6.07 Å². The summed E-state index contributed by atoms with van der Waals surface area (Å²) in [4.78, 5) is 4.58. The molecular formula is C14H19N3O. The molecule has 1 fully saturated rings. The van der Waals surface area contributed by atoms with Gasteiger partial charge in [0.2, 0.25) is 0 Å². The van der Waals surface area contributed by atoms with E-state index in [-0.39, 0.29) is 6.61 Å². The van der Waals surface area contributed by atoms with Crippen LogP contribution < -0.4 is 4.90 Å². The number of nitriles is 1. The Balaban J connectivity index is 2.24. The van der Waals surface area contributed by atoms with Crippen LogP contribution >= 0.6 is 0 Å². The molecule has 1 aliphatic rings. The van der Waals surface area contributed by atoms with Crippen molar-refractivity contribution >= 4 is 5.69 Å². The molecule has 0 bridgehead atoms. The first-order chi connectivity index (χ1) is 8.74. The summed E-state index contributed by atoms with van der Waals surface area (Å²) in [5, 5.41) is 18.3. The fourth-order valence-corrected chi connectivity index (χ4v) is 2.33. The Bertz CT molecular complexity index is 453. The zero-order valence-electron chi connectivity index (χ0n) is 10.8. The highest BCUT2D eigenvalue weighted by molar-refractivity contribution is 5.60. The molecule has 2 rings (SSSR count). The summed E-state index contributed by atoms with van der Waals surface area (Å²) in [7, 11) is 2.13. The van der Waals surface area contributed by atoms with Gasteiger partial charge >= 0.3 is 0 Å². The van der Waals surface area contributed by atoms with Crippen LogP contribution in [-0.2, 0) is 6.61 Å². The molecule has 0 unspecified atom stereocenters. The maximum atomic E-state index is 9.22. The molecule has 4 nitrogen and oxygen atoms in total. The zero-order chi connectivity index (χ0) is 13.0. The number of nitrogens with zero attached hydrogens (tertiary/aromatic N) is 3. The SMILES string of the molecule is CN1CCCN(c2ccc(CO)cc2C#N)CC1. The smallest absolute Gasteiger partial charge is 0.101 e. The van der Waals surface area contributed by atoms with Gasteiger partial charge in [0.25, 0.3) is 0 Å². The van der Waals surface area contributed by atoms with Gasteiger partial charge in [-0.2, -0.15) is 5.26 Å². The van der Waals surface area contributed by atoms with E-state index in [2.05, 4.69) is 22.9 Å². The molecule has 0 saturated carbocycles. The van der Waals surface area contributed by atoms with E-state index < -0.39 is 0 Å². The number of likely N-dealkylation sites (N-methyl/N-ethyl adjacent to an activating group) is 1. The summed E-state index contributed by atoms with van der Waals surface area (Å²) in [6, 6.07) is 7.86. The molecule has 1 aromatic rings. The van der Waals surface area contributed by atoms with Crippen LogP contribution in [0.2, 0.25) is 0 Å². The van der Waals surface area contributed by atoms with E-state index in [1.54, 1.807) is 6.07 Å². The van der Waals surface area contributed by atoms with E-state index in [4.69, 9.17) is 5.11 Å². The highest BCUT2D eigenvalue weighted by Crippen LogP contribution is 2.22. The maximum Gasteiger partial charge on any atom is 0.101 e. The normalized spacial score (nSPS) is 17.3. The second kappa shape index (κ2) is 5.85. The van der Waals surface area contributed by atoms with Crippen LogP contribution in [0.25, 0.3) is 0 Å². The molecule has 1 N–H and O–H groups in total. The minimum Gasteiger partial charge on any atom is -0.392 e. The van der Waals surface area contributed by atoms with Crippen molar-refractivity contribution in [1.82, 2.24) is 4.90 Å². The number of anilines is 1. The third-order valence-corrected chi connectivity index (χ3v) is 3.42. The highest BCUT2D eigenvalue weighted by Gasteiger charge is 2.15. The first-order valence-electron chi connectivity index (χ1n) is 6.32. The van der Waals surface area contributed by atoms with Gasteiger partial charge in [-0.15, -0.1) is 0 Å². The number of benzene rings is 1. The molecule has 0 spiro atoms. The Morgan fingerprint density at radius 2 is 2.11 bits per heavy atom. The highest BCUT2D eigenvalue weighted by atomic mass is 16.3. The van der Waals surface area contributed by atoms with Crippen LogP contribution in [0, 0.1) is 11.3 Å². The number of hydrogen-bond acceptors (Lipinski definition) is 4. The molecule has 1 heterocycles. The lowest BCUT2D eigenvalue weighted by molar-refractivity contribution is 0.282. The Morgan fingerprint density at radius 1 is 1.28 bits per heavy atom. The van der Waals surface area contributed by atoms with Crippen LogP contribution in [0.15, 0.2) is 18.2 Å². The van der Waals surface area contributed by atoms with E-state index in [1.165, 1.54) is 0 Å². The van der Waals surface area contributed by atoms with E-state index in [0.29, 0.717) is 5.56 Å². The van der Waals surface area contributed by atoms with Gasteiger partial charge in [-0.25, -0.2) is 0 Å². The van der Waals surface area contributed by atoms with Gasteiger partial charge in [0.15, 0.2) is 0 Å². The molecule has 1 saturated heterocycles. The third-order valence-electron chi connectivity index (χ3n) is 3.42. The first-order valence-corrected chi connectivity index (χ1v) is 6.32. The Labute approximate surface area is 108 Å². The molecule has 18 heavy (non-hydrogen) atoms. The third kappa shape index (κ3) is 2.81. The molecule has 0 radical (unpaired) electrons. The minimum absolute atomic E-state index is 0.0162. The average Bonchev–Trinajstić information content (AvgIpc) is 2.62. The lowest BCUT2D eigenvalue weighted by Gasteiger charge is -2.24. The number of aliphatic hydroxyl groups is 1. The van der Waals surface area contributed by atoms with Gasteiger partial charge < -0.3 is 14.9 Å². The molecule has 96 valence electrons. The van der Waals surface area contributed by atoms with Gasteiger partial charge in [0.05, 0.1) is 17.9 Å². The summed E-state index contributed by atoms with van der Waals surface area (Å²) in [5.41, 5.74) is 2.44. The minimum atomic E-state index is -0.0162. The number of aliphatic hydroxyl groups excluding tert-OH is 1. The van der Waals surface area contributed by atoms with Crippen molar-refractivity contribution in [2.45, 2.75) is 13.0 Å². The van der Waals surface area contributed by atoms with Crippen LogP contribution in [-0.4, -0.2) is 43.2 Å². The van der Waals surface area contributed by atoms with Crippen molar-refractivity contribution < 1.29 is 5.11 Å². The van der Waals surface area contributed by atoms with Crippen LogP contribution in [0.4, 0.5) is 5.69 Å². The van der Waals surface area contributed by atoms with Crippen LogP contribution in [0.3, 0.4) is 0 Å². The fourth-order valence-electron chi connectivity index (χ4n) is 2.33. The van der Waals surface area contributed by atoms with Gasteiger partial charge in [-0.1, -0.05) is 6.07 Å². The van der Waals surface area contributed by atoms with E-state index in [1.807, 2.05) is 12.1 Å². The van der Waals surface area contributed by atoms with Crippen molar-refractivity contribution in [3.63, 3.8) is 0 Å². The molecule has 1 aromatic carbocycles. The molecule has 0 aliphatic carbocycles. The van der Waals surface area contributed by atoms with Gasteiger partial charge in [0, 0.05) is 19.6 Å². The monoisotopic (exact) mass is 245 g/mol. The first kappa shape index (κ1) is 12.9. The quantitative estimate of drug-likeness (QED) is 0.850. The lowest BCUT2D eigenvalue weighted by Crippen LogP contribution is -2.29. The van der Waals surface area contributed by atoms with Crippen molar-refractivity contribution in [2.75, 3.05) is 38.1 Å². The van der Waals surface area contributed by atoms with Crippen molar-refractivity contribution in [1.29, 1.82) is 5.26 Å². The molecule has 4 heteroatoms. The summed E-state index contributed by atoms with van der Waals surface area (Å²) in [6.07, 6.45) is 1.11. The van der Waals surface area contributed by atoms with Crippen molar-refractivity contribution in [3.05, 3.63) is 29.3 Å². The Morgan fingerprint density at radius 3 is 2.83 bits per heavy atom. The summed E-state index contributed by atoms with van der Waals surface area (Å²) in [6.45, 7) is 4.04. The van der Waals surface area contributed by atoms with E-state index >= 15 is 0 Å². The Kier molecular flexibility index (Phi) is 4.19. The number of hydrogen-bond donors (Lipinski definition) is 1. The molecular weight excluding hydrogens is 226 g/mol. The molecule has 0 aromatic heterocycles. The largest absolute Gasteiger partial charge is 0.392 e. The standard InChI is InChI=1S/C14H19N3O/c1-16-5-2-6-17(8-7-16)14-4-3-12(11-18)9-13(14)10-15/h3-4,9,18H,2,5-8,11H2,1H3. The van der Waals surface area contributed by atoms with Crippen molar-refractivity contribution in [2.24, 2.45) is 0 Å². The van der Waals surface area contributed by atoms with E-state index in [0.717, 1.165) is 43.9 Å². The Hall–Kier alpha value is -1.57. The molecule has 0 atom stereocenters. The lowest BCUT2D eigenvalue weighted by atomic mass is 10.1. The summed E-state index contributed by atoms with van der Waals surface area (Å²) >= 11 is 0. The van der Waals surface area contributed by atoms with E-state index in [9.17, 15) is 5.26 Å². The topological polar surface area (TPSA) is 50.5 Å². The predicted molar refractivity (Wildman–Crippen MR) is 71.4 cm³/mol. The second-order valence-corrected chi connectivity index (χ2v) is 4.77. The zero-order valence-corrected chi connectivity index (χ0v) is 10.8.